The molecule has 13 heteroatoms. The Kier molecular flexibility index (Phi) is 8.56. The summed E-state index contributed by atoms with van der Waals surface area (Å²) < 4.78 is 55.6. The average Bonchev–Trinajstić information content (AvgIpc) is 3.28. The molecule has 0 saturated heterocycles. The molecule has 0 saturated carbocycles. The number of rotatable bonds is 8. The van der Waals surface area contributed by atoms with Gasteiger partial charge in [-0.3, -0.25) is 14.2 Å². The lowest BCUT2D eigenvalue weighted by atomic mass is 10.1. The minimum absolute atomic E-state index is 0.0537. The number of hydrogen-bond donors (Lipinski definition) is 2. The van der Waals surface area contributed by atoms with Crippen molar-refractivity contribution in [2.75, 3.05) is 11.1 Å². The number of carbonyl (C=O) groups is 2. The number of aromatic nitrogens is 3. The fraction of sp³-hybridized carbons (Fsp3) is 0.154. The lowest BCUT2D eigenvalue weighted by molar-refractivity contribution is -0.137. The molecule has 0 unspecified atom stereocenters. The second kappa shape index (κ2) is 11.9. The van der Waals surface area contributed by atoms with E-state index in [-0.39, 0.29) is 39.6 Å². The molecular formula is C26H20ClF4N5O2S. The fourth-order valence-corrected chi connectivity index (χ4v) is 4.67. The van der Waals surface area contributed by atoms with Crippen LogP contribution in [0.4, 0.5) is 23.2 Å². The van der Waals surface area contributed by atoms with Crippen molar-refractivity contribution in [3.63, 3.8) is 0 Å². The predicted octanol–water partition coefficient (Wildman–Crippen LogP) is 6.05. The van der Waals surface area contributed by atoms with Gasteiger partial charge in [-0.05, 0) is 48.9 Å². The molecule has 4 aromatic rings. The molecule has 0 aliphatic rings. The summed E-state index contributed by atoms with van der Waals surface area (Å²) in [6, 6.07) is 15.8. The van der Waals surface area contributed by atoms with Crippen molar-refractivity contribution in [3.05, 3.63) is 100 Å². The fourth-order valence-electron chi connectivity index (χ4n) is 3.65. The molecule has 1 heterocycles. The van der Waals surface area contributed by atoms with Gasteiger partial charge in [-0.1, -0.05) is 53.7 Å². The maximum atomic E-state index is 14.2. The van der Waals surface area contributed by atoms with Crippen LogP contribution in [0.3, 0.4) is 0 Å². The van der Waals surface area contributed by atoms with E-state index in [0.29, 0.717) is 5.69 Å². The van der Waals surface area contributed by atoms with Gasteiger partial charge in [-0.2, -0.15) is 13.2 Å². The Morgan fingerprint density at radius 3 is 2.49 bits per heavy atom. The van der Waals surface area contributed by atoms with Gasteiger partial charge in [0, 0.05) is 5.69 Å². The van der Waals surface area contributed by atoms with Gasteiger partial charge in [0.1, 0.15) is 5.82 Å². The minimum atomic E-state index is -4.63. The van der Waals surface area contributed by atoms with Gasteiger partial charge in [0.15, 0.2) is 11.0 Å². The Bertz CT molecular complexity index is 1510. The largest absolute Gasteiger partial charge is 0.418 e. The van der Waals surface area contributed by atoms with Crippen LogP contribution < -0.4 is 10.6 Å². The first kappa shape index (κ1) is 28.1. The van der Waals surface area contributed by atoms with E-state index in [1.54, 1.807) is 16.7 Å². The zero-order valence-corrected chi connectivity index (χ0v) is 21.8. The molecule has 2 N–H and O–H groups in total. The Morgan fingerprint density at radius 1 is 1.03 bits per heavy atom. The number of alkyl halides is 3. The van der Waals surface area contributed by atoms with Crippen LogP contribution >= 0.6 is 23.4 Å². The van der Waals surface area contributed by atoms with E-state index >= 15 is 0 Å². The average molecular weight is 578 g/mol. The third kappa shape index (κ3) is 6.76. The zero-order valence-electron chi connectivity index (χ0n) is 20.2. The first-order chi connectivity index (χ1) is 18.5. The van der Waals surface area contributed by atoms with Gasteiger partial charge >= 0.3 is 6.18 Å². The number of anilines is 1. The number of nitrogens with zero attached hydrogens (tertiary/aromatic N) is 3. The monoisotopic (exact) mass is 577 g/mol. The number of hydrogen-bond acceptors (Lipinski definition) is 5. The molecule has 0 fully saturated rings. The number of amides is 2. The number of para-hydroxylation sites is 1. The van der Waals surface area contributed by atoms with E-state index in [0.717, 1.165) is 29.5 Å². The Hall–Kier alpha value is -3.90. The quantitative estimate of drug-likeness (QED) is 0.197. The number of thioether (sulfide) groups is 1. The maximum Gasteiger partial charge on any atom is 0.418 e. The highest BCUT2D eigenvalue weighted by Gasteiger charge is 2.33. The van der Waals surface area contributed by atoms with Gasteiger partial charge in [0.25, 0.3) is 5.91 Å². The molecule has 0 bridgehead atoms. The van der Waals surface area contributed by atoms with Gasteiger partial charge in [0.05, 0.1) is 34.1 Å². The minimum Gasteiger partial charge on any atom is -0.345 e. The van der Waals surface area contributed by atoms with E-state index in [9.17, 15) is 27.2 Å². The summed E-state index contributed by atoms with van der Waals surface area (Å²) in [7, 11) is 0. The summed E-state index contributed by atoms with van der Waals surface area (Å²) >= 11 is 6.93. The third-order valence-corrected chi connectivity index (χ3v) is 6.64. The van der Waals surface area contributed by atoms with Crippen LogP contribution in [0.5, 0.6) is 0 Å². The second-order valence-corrected chi connectivity index (χ2v) is 9.58. The van der Waals surface area contributed by atoms with Gasteiger partial charge < -0.3 is 10.6 Å². The second-order valence-electron chi connectivity index (χ2n) is 8.23. The number of halogens is 5. The van der Waals surface area contributed by atoms with Crippen LogP contribution in [0.25, 0.3) is 5.69 Å². The van der Waals surface area contributed by atoms with Crippen LogP contribution in [-0.4, -0.2) is 32.3 Å². The smallest absolute Gasteiger partial charge is 0.345 e. The van der Waals surface area contributed by atoms with Gasteiger partial charge in [-0.15, -0.1) is 10.2 Å². The molecule has 0 atom stereocenters. The van der Waals surface area contributed by atoms with Crippen molar-refractivity contribution >= 4 is 40.9 Å². The van der Waals surface area contributed by atoms with Crippen molar-refractivity contribution in [2.24, 2.45) is 0 Å². The van der Waals surface area contributed by atoms with Crippen LogP contribution in [0.2, 0.25) is 5.02 Å². The van der Waals surface area contributed by atoms with Gasteiger partial charge in [-0.25, -0.2) is 4.39 Å². The van der Waals surface area contributed by atoms with Crippen molar-refractivity contribution in [3.8, 4) is 5.69 Å². The first-order valence-electron chi connectivity index (χ1n) is 11.4. The summed E-state index contributed by atoms with van der Waals surface area (Å²) in [5.74, 6) is -2.22. The molecule has 1 aromatic heterocycles. The van der Waals surface area contributed by atoms with Crippen LogP contribution in [0, 0.1) is 12.7 Å². The van der Waals surface area contributed by atoms with E-state index < -0.39 is 29.4 Å². The first-order valence-corrected chi connectivity index (χ1v) is 12.7. The standard InChI is InChI=1S/C26H20ClF4N5O2S/c1-15-6-4-7-16(12-15)36-21(13-32-24(38)23-18(27)9-5-10-19(23)28)34-35-25(36)39-14-22(37)33-20-11-3-2-8-17(20)26(29,30)31/h2-12H,13-14H2,1H3,(H,32,38)(H,33,37). The van der Waals surface area contributed by atoms with Crippen molar-refractivity contribution in [2.45, 2.75) is 24.8 Å². The van der Waals surface area contributed by atoms with Crippen molar-refractivity contribution < 1.29 is 27.2 Å². The highest BCUT2D eigenvalue weighted by molar-refractivity contribution is 7.99. The number of benzene rings is 3. The van der Waals surface area contributed by atoms with Crippen molar-refractivity contribution in [1.29, 1.82) is 0 Å². The van der Waals surface area contributed by atoms with Gasteiger partial charge in [0.2, 0.25) is 5.91 Å². The molecule has 0 spiro atoms. The molecule has 2 amide bonds. The zero-order chi connectivity index (χ0) is 28.2. The SMILES string of the molecule is Cc1cccc(-n2c(CNC(=O)c3c(F)cccc3Cl)nnc2SCC(=O)Nc2ccccc2C(F)(F)F)c1. The highest BCUT2D eigenvalue weighted by atomic mass is 35.5. The molecule has 202 valence electrons. The summed E-state index contributed by atoms with van der Waals surface area (Å²) in [6.07, 6.45) is -4.63. The highest BCUT2D eigenvalue weighted by Crippen LogP contribution is 2.34. The van der Waals surface area contributed by atoms with Crippen molar-refractivity contribution in [1.82, 2.24) is 20.1 Å². The lowest BCUT2D eigenvalue weighted by Crippen LogP contribution is -2.26. The van der Waals surface area contributed by atoms with Crippen LogP contribution in [0.15, 0.2) is 71.9 Å². The summed E-state index contributed by atoms with van der Waals surface area (Å²) in [5.41, 5.74) is -0.0957. The molecule has 7 nitrogen and oxygen atoms in total. The molecule has 0 aliphatic carbocycles. The number of carbonyl (C=O) groups excluding carboxylic acids is 2. The summed E-state index contributed by atoms with van der Waals surface area (Å²) in [6.45, 7) is 1.71. The number of aryl methyl sites for hydroxylation is 1. The summed E-state index contributed by atoms with van der Waals surface area (Å²) in [4.78, 5) is 25.2. The third-order valence-electron chi connectivity index (χ3n) is 5.40. The lowest BCUT2D eigenvalue weighted by Gasteiger charge is -2.14. The molecule has 39 heavy (non-hydrogen) atoms. The molecule has 3 aromatic carbocycles. The summed E-state index contributed by atoms with van der Waals surface area (Å²) in [5, 5.41) is 13.3. The predicted molar refractivity (Wildman–Crippen MR) is 139 cm³/mol. The van der Waals surface area contributed by atoms with Crippen LogP contribution in [-0.2, 0) is 17.5 Å². The Labute approximate surface area is 229 Å². The van der Waals surface area contributed by atoms with Crippen LogP contribution in [0.1, 0.15) is 27.3 Å². The molecule has 0 radical (unpaired) electrons. The van der Waals surface area contributed by atoms with E-state index in [1.807, 2.05) is 19.1 Å². The maximum absolute atomic E-state index is 14.2. The van der Waals surface area contributed by atoms with E-state index in [2.05, 4.69) is 20.8 Å². The molecule has 4 rings (SSSR count). The number of nitrogens with one attached hydrogen (secondary N) is 2. The Balaban J connectivity index is 1.54. The Morgan fingerprint density at radius 2 is 1.77 bits per heavy atom. The molecule has 0 aliphatic heterocycles. The van der Waals surface area contributed by atoms with E-state index in [4.69, 9.17) is 11.6 Å². The molecular weight excluding hydrogens is 558 g/mol. The topological polar surface area (TPSA) is 88.9 Å². The normalized spacial score (nSPS) is 11.3. The van der Waals surface area contributed by atoms with E-state index in [1.165, 1.54) is 30.3 Å².